The molecule has 0 aromatic carbocycles. The van der Waals surface area contributed by atoms with Crippen molar-refractivity contribution in [3.63, 3.8) is 0 Å². The first-order chi connectivity index (χ1) is 11.0. The van der Waals surface area contributed by atoms with Crippen molar-refractivity contribution in [3.05, 3.63) is 29.6 Å². The number of aliphatic hydroxyl groups excluding tert-OH is 1. The van der Waals surface area contributed by atoms with Crippen molar-refractivity contribution in [2.45, 2.75) is 44.1 Å². The Morgan fingerprint density at radius 1 is 1.35 bits per heavy atom. The predicted octanol–water partition coefficient (Wildman–Crippen LogP) is 2.46. The van der Waals surface area contributed by atoms with Gasteiger partial charge in [-0.1, -0.05) is 0 Å². The maximum absolute atomic E-state index is 13.1. The van der Waals surface area contributed by atoms with Crippen molar-refractivity contribution in [3.8, 4) is 0 Å². The molecule has 3 heterocycles. The van der Waals surface area contributed by atoms with Crippen molar-refractivity contribution in [1.82, 2.24) is 9.88 Å². The van der Waals surface area contributed by atoms with Crippen molar-refractivity contribution < 1.29 is 23.0 Å². The van der Waals surface area contributed by atoms with Crippen molar-refractivity contribution in [1.29, 1.82) is 0 Å². The Labute approximate surface area is 133 Å². The number of hydrogen-bond acceptors (Lipinski definition) is 4. The number of ether oxygens (including phenoxy) is 1. The summed E-state index contributed by atoms with van der Waals surface area (Å²) >= 11 is 0. The zero-order chi connectivity index (χ0) is 16.4. The average Bonchev–Trinajstić information content (AvgIpc) is 2.95. The molecule has 3 atom stereocenters. The van der Waals surface area contributed by atoms with Crippen LogP contribution >= 0.6 is 0 Å². The third-order valence-electron chi connectivity index (χ3n) is 4.82. The molecule has 128 valence electrons. The third-order valence-corrected chi connectivity index (χ3v) is 4.82. The average molecular weight is 330 g/mol. The minimum atomic E-state index is -4.40. The summed E-state index contributed by atoms with van der Waals surface area (Å²) in [6.45, 7) is 1.89. The van der Waals surface area contributed by atoms with E-state index >= 15 is 0 Å². The van der Waals surface area contributed by atoms with Crippen LogP contribution in [0.3, 0.4) is 0 Å². The van der Waals surface area contributed by atoms with Crippen LogP contribution in [0.25, 0.3) is 0 Å². The van der Waals surface area contributed by atoms with Crippen LogP contribution in [0.4, 0.5) is 13.2 Å². The zero-order valence-corrected chi connectivity index (χ0v) is 12.8. The smallest absolute Gasteiger partial charge is 0.393 e. The number of halogens is 3. The molecule has 1 N–H and O–H groups in total. The molecular weight excluding hydrogens is 309 g/mol. The van der Waals surface area contributed by atoms with Crippen LogP contribution in [0.2, 0.25) is 0 Å². The van der Waals surface area contributed by atoms with E-state index in [4.69, 9.17) is 4.74 Å². The molecule has 0 aliphatic carbocycles. The van der Waals surface area contributed by atoms with E-state index in [1.807, 2.05) is 4.90 Å². The lowest BCUT2D eigenvalue weighted by Crippen LogP contribution is -2.46. The van der Waals surface area contributed by atoms with Gasteiger partial charge in [0.15, 0.2) is 0 Å². The highest BCUT2D eigenvalue weighted by molar-refractivity contribution is 5.23. The number of aromatic nitrogens is 1. The topological polar surface area (TPSA) is 45.6 Å². The van der Waals surface area contributed by atoms with Crippen molar-refractivity contribution >= 4 is 0 Å². The Kier molecular flexibility index (Phi) is 4.89. The second-order valence-corrected chi connectivity index (χ2v) is 6.27. The third kappa shape index (κ3) is 3.67. The fourth-order valence-corrected chi connectivity index (χ4v) is 3.66. The summed E-state index contributed by atoms with van der Waals surface area (Å²) in [4.78, 5) is 5.97. The first kappa shape index (κ1) is 16.7. The fourth-order valence-electron chi connectivity index (χ4n) is 3.66. The van der Waals surface area contributed by atoms with Crippen LogP contribution in [0.5, 0.6) is 0 Å². The van der Waals surface area contributed by atoms with Crippen LogP contribution in [0, 0.1) is 5.92 Å². The largest absolute Gasteiger partial charge is 0.418 e. The second kappa shape index (κ2) is 6.75. The molecule has 23 heavy (non-hydrogen) atoms. The molecule has 0 spiro atoms. The van der Waals surface area contributed by atoms with E-state index in [0.29, 0.717) is 19.6 Å². The monoisotopic (exact) mass is 330 g/mol. The molecule has 1 aromatic rings. The molecule has 1 aromatic heterocycles. The van der Waals surface area contributed by atoms with E-state index in [9.17, 15) is 18.3 Å². The molecule has 0 unspecified atom stereocenters. The fraction of sp³-hybridized carbons (Fsp3) is 0.688. The van der Waals surface area contributed by atoms with Crippen LogP contribution in [0.15, 0.2) is 18.3 Å². The van der Waals surface area contributed by atoms with Gasteiger partial charge in [-0.05, 0) is 37.9 Å². The number of rotatable bonds is 3. The molecule has 2 aliphatic heterocycles. The molecular formula is C16H21F3N2O2. The quantitative estimate of drug-likeness (QED) is 0.925. The van der Waals surface area contributed by atoms with Crippen molar-refractivity contribution in [2.24, 2.45) is 5.92 Å². The number of hydrogen-bond donors (Lipinski definition) is 1. The molecule has 3 rings (SSSR count). The summed E-state index contributed by atoms with van der Waals surface area (Å²) in [6.07, 6.45) is -1.06. The number of nitrogens with zero attached hydrogens (tertiary/aromatic N) is 2. The molecule has 2 saturated heterocycles. The van der Waals surface area contributed by atoms with Gasteiger partial charge in [0, 0.05) is 31.3 Å². The summed E-state index contributed by atoms with van der Waals surface area (Å²) in [7, 11) is 0. The van der Waals surface area contributed by atoms with E-state index in [1.165, 1.54) is 12.3 Å². The minimum absolute atomic E-state index is 0.0377. The highest BCUT2D eigenvalue weighted by Gasteiger charge is 2.39. The minimum Gasteiger partial charge on any atom is -0.393 e. The number of pyridine rings is 1. The van der Waals surface area contributed by atoms with E-state index in [0.717, 1.165) is 25.5 Å². The molecule has 0 bridgehead atoms. The molecule has 2 aliphatic rings. The first-order valence-corrected chi connectivity index (χ1v) is 7.98. The lowest BCUT2D eigenvalue weighted by molar-refractivity contribution is -0.139. The Bertz CT molecular complexity index is 538. The maximum atomic E-state index is 13.1. The number of alkyl halides is 3. The van der Waals surface area contributed by atoms with Crippen LogP contribution in [-0.4, -0.2) is 46.9 Å². The molecule has 0 amide bonds. The molecule has 0 saturated carbocycles. The molecule has 0 radical (unpaired) electrons. The lowest BCUT2D eigenvalue weighted by atomic mass is 9.89. The van der Waals surface area contributed by atoms with Gasteiger partial charge in [-0.15, -0.1) is 0 Å². The van der Waals surface area contributed by atoms with E-state index < -0.39 is 17.8 Å². The predicted molar refractivity (Wildman–Crippen MR) is 77.6 cm³/mol. The van der Waals surface area contributed by atoms with Gasteiger partial charge in [0.1, 0.15) is 0 Å². The maximum Gasteiger partial charge on any atom is 0.418 e. The van der Waals surface area contributed by atoms with Gasteiger partial charge in [-0.2, -0.15) is 13.2 Å². The summed E-state index contributed by atoms with van der Waals surface area (Å²) in [6, 6.07) is 2.44. The number of aliphatic hydroxyl groups is 1. The zero-order valence-electron chi connectivity index (χ0n) is 12.8. The summed E-state index contributed by atoms with van der Waals surface area (Å²) in [5.41, 5.74) is -0.621. The van der Waals surface area contributed by atoms with Crippen LogP contribution in [0.1, 0.15) is 30.5 Å². The standard InChI is InChI=1S/C16H21F3N2O2/c17-16(18,19)12-3-1-6-20-13(12)9-21-7-2-4-14(21)11-10-23-8-5-15(11)22/h1,3,6,11,14-15,22H,2,4-5,7-10H2/t11-,14+,15-/m1/s1. The molecule has 4 nitrogen and oxygen atoms in total. The van der Waals surface area contributed by atoms with Gasteiger partial charge in [0.05, 0.1) is 24.0 Å². The van der Waals surface area contributed by atoms with Gasteiger partial charge >= 0.3 is 6.18 Å². The highest BCUT2D eigenvalue weighted by Crippen LogP contribution is 2.34. The summed E-state index contributed by atoms with van der Waals surface area (Å²) < 4.78 is 44.8. The Hall–Kier alpha value is -1.18. The van der Waals surface area contributed by atoms with Gasteiger partial charge in [0.25, 0.3) is 0 Å². The van der Waals surface area contributed by atoms with Gasteiger partial charge < -0.3 is 9.84 Å². The van der Waals surface area contributed by atoms with E-state index in [2.05, 4.69) is 4.98 Å². The SMILES string of the molecule is O[C@@H]1CCOC[C@@H]1[C@@H]1CCCN1Cc1ncccc1C(F)(F)F. The van der Waals surface area contributed by atoms with Crippen LogP contribution in [-0.2, 0) is 17.5 Å². The van der Waals surface area contributed by atoms with E-state index in [-0.39, 0.29) is 24.2 Å². The van der Waals surface area contributed by atoms with Crippen molar-refractivity contribution in [2.75, 3.05) is 19.8 Å². The summed E-state index contributed by atoms with van der Waals surface area (Å²) in [5, 5.41) is 10.2. The normalized spacial score (nSPS) is 29.8. The van der Waals surface area contributed by atoms with Crippen LogP contribution < -0.4 is 0 Å². The Morgan fingerprint density at radius 2 is 2.17 bits per heavy atom. The van der Waals surface area contributed by atoms with E-state index in [1.54, 1.807) is 0 Å². The Morgan fingerprint density at radius 3 is 2.91 bits per heavy atom. The molecule has 7 heteroatoms. The Balaban J connectivity index is 1.77. The lowest BCUT2D eigenvalue weighted by Gasteiger charge is -2.37. The molecule has 2 fully saturated rings. The highest BCUT2D eigenvalue weighted by atomic mass is 19.4. The van der Waals surface area contributed by atoms with Gasteiger partial charge in [-0.3, -0.25) is 9.88 Å². The second-order valence-electron chi connectivity index (χ2n) is 6.27. The van der Waals surface area contributed by atoms with Gasteiger partial charge in [-0.25, -0.2) is 0 Å². The first-order valence-electron chi connectivity index (χ1n) is 7.98. The number of likely N-dealkylation sites (tertiary alicyclic amines) is 1. The van der Waals surface area contributed by atoms with Gasteiger partial charge in [0.2, 0.25) is 0 Å². The summed E-state index contributed by atoms with van der Waals surface area (Å²) in [5.74, 6) is -0.0377.